The highest BCUT2D eigenvalue weighted by Crippen LogP contribution is 2.51. The fraction of sp³-hybridized carbons (Fsp3) is 0.128. The molecule has 1 aliphatic rings. The van der Waals surface area contributed by atoms with E-state index >= 15 is 0 Å². The molecule has 5 aromatic carbocycles. The van der Waals surface area contributed by atoms with Crippen molar-refractivity contribution < 1.29 is 0 Å². The predicted molar refractivity (Wildman–Crippen MR) is 181 cm³/mol. The second-order valence-electron chi connectivity index (χ2n) is 12.3. The van der Waals surface area contributed by atoms with Crippen molar-refractivity contribution in [1.82, 2.24) is 24.1 Å². The Bertz CT molecular complexity index is 2350. The largest absolute Gasteiger partial charge is 0.328 e. The smallest absolute Gasteiger partial charge is 0.295 e. The summed E-state index contributed by atoms with van der Waals surface area (Å²) in [6.45, 7) is 4.57. The highest BCUT2D eigenvalue weighted by Gasteiger charge is 2.37. The maximum absolute atomic E-state index is 12.6. The summed E-state index contributed by atoms with van der Waals surface area (Å²) >= 11 is 0. The zero-order valence-corrected chi connectivity index (χ0v) is 25.6. The maximum Gasteiger partial charge on any atom is 0.328 e. The van der Waals surface area contributed by atoms with Crippen LogP contribution in [0.5, 0.6) is 0 Å². The fourth-order valence-electron chi connectivity index (χ4n) is 6.81. The molecule has 0 radical (unpaired) electrons. The molecule has 0 fully saturated rings. The molecule has 0 saturated heterocycles. The van der Waals surface area contributed by atoms with E-state index in [1.54, 1.807) is 16.2 Å². The van der Waals surface area contributed by atoms with Gasteiger partial charge in [-0.3, -0.25) is 9.13 Å². The molecule has 45 heavy (non-hydrogen) atoms. The Morgan fingerprint density at radius 1 is 0.511 bits per heavy atom. The first-order chi connectivity index (χ1) is 21.8. The van der Waals surface area contributed by atoms with E-state index in [9.17, 15) is 4.79 Å². The van der Waals surface area contributed by atoms with Crippen LogP contribution in [-0.2, 0) is 19.5 Å². The van der Waals surface area contributed by atoms with Crippen molar-refractivity contribution >= 4 is 11.0 Å². The lowest BCUT2D eigenvalue weighted by atomic mass is 9.82. The van der Waals surface area contributed by atoms with Crippen LogP contribution in [0.2, 0.25) is 0 Å². The van der Waals surface area contributed by atoms with Crippen LogP contribution in [0.3, 0.4) is 0 Å². The van der Waals surface area contributed by atoms with Crippen LogP contribution in [0.25, 0.3) is 67.5 Å². The molecule has 6 heteroatoms. The van der Waals surface area contributed by atoms with Gasteiger partial charge in [-0.05, 0) is 51.6 Å². The van der Waals surface area contributed by atoms with Gasteiger partial charge in [0.2, 0.25) is 0 Å². The fourth-order valence-corrected chi connectivity index (χ4v) is 6.81. The molecule has 0 spiro atoms. The van der Waals surface area contributed by atoms with Gasteiger partial charge in [0.05, 0.1) is 11.0 Å². The first kappa shape index (κ1) is 27.0. The van der Waals surface area contributed by atoms with E-state index in [2.05, 4.69) is 80.6 Å². The van der Waals surface area contributed by atoms with Crippen molar-refractivity contribution in [2.45, 2.75) is 19.3 Å². The van der Waals surface area contributed by atoms with E-state index in [0.717, 1.165) is 38.9 Å². The van der Waals surface area contributed by atoms with E-state index in [1.165, 1.54) is 22.3 Å². The number of rotatable bonds is 4. The molecule has 0 saturated carbocycles. The Balaban J connectivity index is 1.32. The molecular weight excluding hydrogens is 554 g/mol. The van der Waals surface area contributed by atoms with Gasteiger partial charge in [0.1, 0.15) is 0 Å². The second kappa shape index (κ2) is 9.96. The highest BCUT2D eigenvalue weighted by molar-refractivity contribution is 5.91. The minimum atomic E-state index is -0.127. The Hall–Kier alpha value is -5.62. The summed E-state index contributed by atoms with van der Waals surface area (Å²) in [4.78, 5) is 27.8. The van der Waals surface area contributed by atoms with Crippen molar-refractivity contribution in [2.75, 3.05) is 0 Å². The van der Waals surface area contributed by atoms with Crippen LogP contribution < -0.4 is 5.69 Å². The average molecular weight is 586 g/mol. The third-order valence-corrected chi connectivity index (χ3v) is 9.24. The minimum Gasteiger partial charge on any atom is -0.295 e. The molecule has 0 amide bonds. The molecular formula is C39H31N5O. The van der Waals surface area contributed by atoms with Crippen LogP contribution in [0, 0.1) is 0 Å². The molecule has 0 aliphatic heterocycles. The summed E-state index contributed by atoms with van der Waals surface area (Å²) in [6, 6.07) is 39.6. The third-order valence-electron chi connectivity index (χ3n) is 9.24. The van der Waals surface area contributed by atoms with Gasteiger partial charge in [-0.2, -0.15) is 0 Å². The second-order valence-corrected chi connectivity index (χ2v) is 12.3. The third kappa shape index (κ3) is 4.17. The Morgan fingerprint density at radius 2 is 1.09 bits per heavy atom. The molecule has 0 N–H and O–H groups in total. The quantitative estimate of drug-likeness (QED) is 0.210. The van der Waals surface area contributed by atoms with Crippen LogP contribution in [0.1, 0.15) is 25.0 Å². The van der Waals surface area contributed by atoms with Crippen LogP contribution in [0.15, 0.2) is 120 Å². The predicted octanol–water partition coefficient (Wildman–Crippen LogP) is 8.04. The summed E-state index contributed by atoms with van der Waals surface area (Å²) in [5.41, 5.74) is 11.5. The number of nitrogens with zero attached hydrogens (tertiary/aromatic N) is 5. The highest BCUT2D eigenvalue weighted by atomic mass is 16.1. The molecule has 1 aliphatic carbocycles. The SMILES string of the molecule is Cn1c(=O)n(C)c2cc(-c3cccc(-c4nc(-c5ccccc5)nc(-c5cccc6c5-c5ccccc5C6(C)C)n4)c3)ccc21. The lowest BCUT2D eigenvalue weighted by Gasteiger charge is -2.21. The van der Waals surface area contributed by atoms with Gasteiger partial charge in [-0.15, -0.1) is 0 Å². The van der Waals surface area contributed by atoms with E-state index in [0.29, 0.717) is 17.5 Å². The molecule has 8 rings (SSSR count). The van der Waals surface area contributed by atoms with E-state index in [-0.39, 0.29) is 11.1 Å². The zero-order valence-electron chi connectivity index (χ0n) is 25.6. The summed E-state index contributed by atoms with van der Waals surface area (Å²) in [5, 5.41) is 0. The van der Waals surface area contributed by atoms with Gasteiger partial charge >= 0.3 is 5.69 Å². The molecule has 0 bridgehead atoms. The van der Waals surface area contributed by atoms with Gasteiger partial charge in [-0.1, -0.05) is 111 Å². The van der Waals surface area contributed by atoms with Gasteiger partial charge in [0.15, 0.2) is 17.5 Å². The van der Waals surface area contributed by atoms with Gasteiger partial charge in [0, 0.05) is 36.2 Å². The van der Waals surface area contributed by atoms with Gasteiger partial charge < -0.3 is 0 Å². The summed E-state index contributed by atoms with van der Waals surface area (Å²) in [5.74, 6) is 1.89. The Kier molecular flexibility index (Phi) is 5.97. The first-order valence-electron chi connectivity index (χ1n) is 15.1. The average Bonchev–Trinajstić information content (AvgIpc) is 3.46. The molecule has 2 aromatic heterocycles. The number of hydrogen-bond donors (Lipinski definition) is 0. The Labute approximate surface area is 261 Å². The summed E-state index contributed by atoms with van der Waals surface area (Å²) < 4.78 is 3.36. The monoisotopic (exact) mass is 585 g/mol. The van der Waals surface area contributed by atoms with Crippen molar-refractivity contribution in [3.05, 3.63) is 137 Å². The number of imidazole rings is 1. The maximum atomic E-state index is 12.6. The lowest BCUT2D eigenvalue weighted by molar-refractivity contribution is 0.660. The minimum absolute atomic E-state index is 0.0412. The standard InChI is InChI=1S/C39H31N5O/c1-39(2)30-18-9-8-16-28(30)34-29(17-11-19-31(34)39)37-41-35(24-12-6-5-7-13-24)40-36(42-37)27-15-10-14-25(22-27)26-20-21-32-33(23-26)44(4)38(45)43(32)3/h5-23H,1-4H3. The normalized spacial score (nSPS) is 13.2. The van der Waals surface area contributed by atoms with Crippen molar-refractivity contribution in [3.63, 3.8) is 0 Å². The molecule has 2 heterocycles. The lowest BCUT2D eigenvalue weighted by Crippen LogP contribution is -2.19. The van der Waals surface area contributed by atoms with E-state index in [1.807, 2.05) is 55.6 Å². The number of aromatic nitrogens is 5. The summed E-state index contributed by atoms with van der Waals surface area (Å²) in [7, 11) is 3.61. The topological polar surface area (TPSA) is 65.6 Å². The van der Waals surface area contributed by atoms with Crippen molar-refractivity contribution in [2.24, 2.45) is 14.1 Å². The molecule has 6 nitrogen and oxygen atoms in total. The van der Waals surface area contributed by atoms with Crippen molar-refractivity contribution in [3.8, 4) is 56.4 Å². The number of aryl methyl sites for hydroxylation is 2. The van der Waals surface area contributed by atoms with E-state index in [4.69, 9.17) is 15.0 Å². The number of hydrogen-bond acceptors (Lipinski definition) is 4. The molecule has 7 aromatic rings. The zero-order chi connectivity index (χ0) is 30.9. The van der Waals surface area contributed by atoms with Crippen molar-refractivity contribution in [1.29, 1.82) is 0 Å². The van der Waals surface area contributed by atoms with Crippen LogP contribution >= 0.6 is 0 Å². The molecule has 0 unspecified atom stereocenters. The summed E-state index contributed by atoms with van der Waals surface area (Å²) in [6.07, 6.45) is 0. The van der Waals surface area contributed by atoms with Gasteiger partial charge in [0.25, 0.3) is 0 Å². The molecule has 0 atom stereocenters. The van der Waals surface area contributed by atoms with E-state index < -0.39 is 0 Å². The van der Waals surface area contributed by atoms with Crippen LogP contribution in [-0.4, -0.2) is 24.1 Å². The number of fused-ring (bicyclic) bond motifs is 4. The first-order valence-corrected chi connectivity index (χ1v) is 15.1. The van der Waals surface area contributed by atoms with Gasteiger partial charge in [-0.25, -0.2) is 19.7 Å². The van der Waals surface area contributed by atoms with Crippen LogP contribution in [0.4, 0.5) is 0 Å². The Morgan fingerprint density at radius 3 is 1.91 bits per heavy atom. The molecule has 218 valence electrons. The number of benzene rings is 5.